The standard InChI is InChI=1S/C9H9F4NO2/c1-2-8(10)3-5-14(6-4-8)16-7(15)9(11,12)13/h1H,3-6H2. The third-order valence-corrected chi connectivity index (χ3v) is 2.22. The summed E-state index contributed by atoms with van der Waals surface area (Å²) in [6, 6.07) is 0. The molecule has 0 spiro atoms. The van der Waals surface area contributed by atoms with E-state index in [0.29, 0.717) is 0 Å². The van der Waals surface area contributed by atoms with Gasteiger partial charge in [0.1, 0.15) is 0 Å². The molecule has 0 aromatic rings. The van der Waals surface area contributed by atoms with Gasteiger partial charge in [0, 0.05) is 25.9 Å². The molecule has 0 aromatic carbocycles. The number of carbonyl (C=O) groups excluding carboxylic acids is 1. The minimum atomic E-state index is -5.05. The molecule has 0 atom stereocenters. The number of alkyl halides is 4. The molecular weight excluding hydrogens is 230 g/mol. The summed E-state index contributed by atoms with van der Waals surface area (Å²) in [5.74, 6) is -0.378. The summed E-state index contributed by atoms with van der Waals surface area (Å²) in [5.41, 5.74) is -1.82. The summed E-state index contributed by atoms with van der Waals surface area (Å²) < 4.78 is 48.9. The van der Waals surface area contributed by atoms with Crippen molar-refractivity contribution < 1.29 is 27.2 Å². The Morgan fingerprint density at radius 3 is 2.25 bits per heavy atom. The predicted molar refractivity (Wildman–Crippen MR) is 45.6 cm³/mol. The molecule has 1 aliphatic rings. The second kappa shape index (κ2) is 4.29. The molecule has 0 N–H and O–H groups in total. The Bertz CT molecular complexity index is 312. The van der Waals surface area contributed by atoms with E-state index in [4.69, 9.17) is 6.42 Å². The van der Waals surface area contributed by atoms with E-state index in [1.54, 1.807) is 0 Å². The highest BCUT2D eigenvalue weighted by atomic mass is 19.4. The van der Waals surface area contributed by atoms with Crippen molar-refractivity contribution in [3.8, 4) is 12.3 Å². The average molecular weight is 239 g/mol. The van der Waals surface area contributed by atoms with Crippen LogP contribution >= 0.6 is 0 Å². The van der Waals surface area contributed by atoms with Crippen molar-refractivity contribution in [1.29, 1.82) is 0 Å². The fraction of sp³-hybridized carbons (Fsp3) is 0.667. The SMILES string of the molecule is C#CC1(F)CCN(OC(=O)C(F)(F)F)CC1. The summed E-state index contributed by atoms with van der Waals surface area (Å²) >= 11 is 0. The van der Waals surface area contributed by atoms with Gasteiger partial charge in [0.15, 0.2) is 5.67 Å². The van der Waals surface area contributed by atoms with E-state index < -0.39 is 17.8 Å². The Balaban J connectivity index is 2.45. The van der Waals surface area contributed by atoms with Crippen LogP contribution in [0.1, 0.15) is 12.8 Å². The van der Waals surface area contributed by atoms with E-state index in [1.165, 1.54) is 0 Å². The van der Waals surface area contributed by atoms with Crippen LogP contribution in [0.4, 0.5) is 17.6 Å². The van der Waals surface area contributed by atoms with Crippen LogP contribution in [0.5, 0.6) is 0 Å². The van der Waals surface area contributed by atoms with Gasteiger partial charge >= 0.3 is 12.1 Å². The summed E-state index contributed by atoms with van der Waals surface area (Å²) in [7, 11) is 0. The maximum absolute atomic E-state index is 13.4. The van der Waals surface area contributed by atoms with Crippen LogP contribution < -0.4 is 0 Å². The van der Waals surface area contributed by atoms with Crippen molar-refractivity contribution in [1.82, 2.24) is 5.06 Å². The van der Waals surface area contributed by atoms with Gasteiger partial charge in [0.2, 0.25) is 0 Å². The minimum absolute atomic E-state index is 0.150. The van der Waals surface area contributed by atoms with Gasteiger partial charge in [0.25, 0.3) is 0 Å². The number of hydrogen-bond acceptors (Lipinski definition) is 3. The second-order valence-corrected chi connectivity index (χ2v) is 3.42. The van der Waals surface area contributed by atoms with Crippen LogP contribution in [-0.4, -0.2) is 36.0 Å². The van der Waals surface area contributed by atoms with Crippen LogP contribution in [0.15, 0.2) is 0 Å². The first-order valence-corrected chi connectivity index (χ1v) is 4.47. The fourth-order valence-corrected chi connectivity index (χ4v) is 1.25. The molecular formula is C9H9F4NO2. The van der Waals surface area contributed by atoms with Crippen molar-refractivity contribution in [2.24, 2.45) is 0 Å². The molecule has 90 valence electrons. The lowest BCUT2D eigenvalue weighted by molar-refractivity contribution is -0.243. The molecule has 1 fully saturated rings. The predicted octanol–water partition coefficient (Wildman–Crippen LogP) is 1.44. The molecule has 1 rings (SSSR count). The van der Waals surface area contributed by atoms with E-state index in [1.807, 2.05) is 5.92 Å². The lowest BCUT2D eigenvalue weighted by atomic mass is 9.95. The lowest BCUT2D eigenvalue weighted by Gasteiger charge is -2.31. The molecule has 0 bridgehead atoms. The van der Waals surface area contributed by atoms with Gasteiger partial charge in [-0.15, -0.1) is 11.5 Å². The Labute approximate surface area is 89.3 Å². The number of rotatable bonds is 1. The first-order valence-electron chi connectivity index (χ1n) is 4.47. The number of hydroxylamine groups is 2. The Morgan fingerprint density at radius 1 is 1.38 bits per heavy atom. The van der Waals surface area contributed by atoms with Crippen molar-refractivity contribution >= 4 is 5.97 Å². The summed E-state index contributed by atoms with van der Waals surface area (Å²) in [6.07, 6.45) is -0.439. The summed E-state index contributed by atoms with van der Waals surface area (Å²) in [5, 5.41) is 0.769. The fourth-order valence-electron chi connectivity index (χ4n) is 1.25. The molecule has 0 aliphatic carbocycles. The quantitative estimate of drug-likeness (QED) is 0.512. The van der Waals surface area contributed by atoms with Crippen LogP contribution in [0.25, 0.3) is 0 Å². The Kier molecular flexibility index (Phi) is 3.43. The number of hydrogen-bond donors (Lipinski definition) is 0. The molecule has 16 heavy (non-hydrogen) atoms. The smallest absolute Gasteiger partial charge is 0.361 e. The van der Waals surface area contributed by atoms with Crippen molar-refractivity contribution in [2.75, 3.05) is 13.1 Å². The largest absolute Gasteiger partial charge is 0.492 e. The van der Waals surface area contributed by atoms with Crippen molar-refractivity contribution in [3.63, 3.8) is 0 Å². The first kappa shape index (κ1) is 12.8. The molecule has 1 aliphatic heterocycles. The molecule has 0 radical (unpaired) electrons. The van der Waals surface area contributed by atoms with Crippen LogP contribution in [-0.2, 0) is 9.63 Å². The third kappa shape index (κ3) is 3.10. The second-order valence-electron chi connectivity index (χ2n) is 3.42. The van der Waals surface area contributed by atoms with Crippen molar-refractivity contribution in [2.45, 2.75) is 24.7 Å². The highest BCUT2D eigenvalue weighted by Gasteiger charge is 2.43. The maximum atomic E-state index is 13.4. The van der Waals surface area contributed by atoms with Crippen molar-refractivity contribution in [3.05, 3.63) is 0 Å². The molecule has 0 amide bonds. The maximum Gasteiger partial charge on any atom is 0.492 e. The van der Waals surface area contributed by atoms with Crippen LogP contribution in [0, 0.1) is 12.3 Å². The number of terminal acetylenes is 1. The highest BCUT2D eigenvalue weighted by molar-refractivity contribution is 5.75. The van der Waals surface area contributed by atoms with Crippen LogP contribution in [0.2, 0.25) is 0 Å². The molecule has 0 unspecified atom stereocenters. The highest BCUT2D eigenvalue weighted by Crippen LogP contribution is 2.26. The average Bonchev–Trinajstić information content (AvgIpc) is 2.20. The van der Waals surface area contributed by atoms with E-state index in [9.17, 15) is 22.4 Å². The topological polar surface area (TPSA) is 29.5 Å². The normalized spacial score (nSPS) is 21.2. The number of carbonyl (C=O) groups is 1. The Morgan fingerprint density at radius 2 is 1.88 bits per heavy atom. The molecule has 1 heterocycles. The van der Waals surface area contributed by atoms with E-state index in [0.717, 1.165) is 5.06 Å². The number of nitrogens with zero attached hydrogens (tertiary/aromatic N) is 1. The van der Waals surface area contributed by atoms with Gasteiger partial charge in [-0.1, -0.05) is 5.92 Å². The van der Waals surface area contributed by atoms with E-state index in [2.05, 4.69) is 4.84 Å². The van der Waals surface area contributed by atoms with E-state index >= 15 is 0 Å². The van der Waals surface area contributed by atoms with Crippen LogP contribution in [0.3, 0.4) is 0 Å². The molecule has 3 nitrogen and oxygen atoms in total. The lowest BCUT2D eigenvalue weighted by Crippen LogP contribution is -2.44. The number of piperidine rings is 1. The van der Waals surface area contributed by atoms with Gasteiger partial charge in [0.05, 0.1) is 0 Å². The Hall–Kier alpha value is -1.29. The minimum Gasteiger partial charge on any atom is -0.361 e. The zero-order chi connectivity index (χ0) is 12.4. The summed E-state index contributed by atoms with van der Waals surface area (Å²) in [4.78, 5) is 14.5. The first-order chi connectivity index (χ1) is 7.27. The summed E-state index contributed by atoms with van der Waals surface area (Å²) in [6.45, 7) is -0.301. The van der Waals surface area contributed by atoms with Gasteiger partial charge in [-0.05, 0) is 0 Å². The molecule has 7 heteroatoms. The van der Waals surface area contributed by atoms with Gasteiger partial charge in [-0.3, -0.25) is 0 Å². The molecule has 1 saturated heterocycles. The zero-order valence-electron chi connectivity index (χ0n) is 8.18. The molecule has 0 saturated carbocycles. The van der Waals surface area contributed by atoms with E-state index in [-0.39, 0.29) is 25.9 Å². The van der Waals surface area contributed by atoms with Gasteiger partial charge in [-0.25, -0.2) is 9.18 Å². The van der Waals surface area contributed by atoms with Gasteiger partial charge in [-0.2, -0.15) is 13.2 Å². The third-order valence-electron chi connectivity index (χ3n) is 2.22. The zero-order valence-corrected chi connectivity index (χ0v) is 8.18. The monoisotopic (exact) mass is 239 g/mol. The molecule has 0 aromatic heterocycles. The van der Waals surface area contributed by atoms with Gasteiger partial charge < -0.3 is 4.84 Å². The number of halogens is 4.